The molecule has 5 nitrogen and oxygen atoms in total. The Bertz CT molecular complexity index is 1210. The lowest BCUT2D eigenvalue weighted by Gasteiger charge is -2.06. The van der Waals surface area contributed by atoms with E-state index in [9.17, 15) is 4.79 Å². The molecular formula is C25H19BrN4O. The van der Waals surface area contributed by atoms with Crippen LogP contribution >= 0.6 is 15.9 Å². The molecule has 0 aliphatic rings. The van der Waals surface area contributed by atoms with Crippen LogP contribution in [-0.4, -0.2) is 21.9 Å². The molecule has 0 aliphatic heterocycles. The minimum absolute atomic E-state index is 0.299. The molecule has 0 fully saturated rings. The Morgan fingerprint density at radius 3 is 2.29 bits per heavy atom. The third-order valence-electron chi connectivity index (χ3n) is 4.51. The first kappa shape index (κ1) is 20.5. The molecule has 1 amide bonds. The second-order valence-electron chi connectivity index (χ2n) is 6.73. The summed E-state index contributed by atoms with van der Waals surface area (Å²) in [6.45, 7) is 0. The number of nitrogens with zero attached hydrogens (tertiary/aromatic N) is 3. The zero-order valence-electron chi connectivity index (χ0n) is 16.5. The number of nitrogens with one attached hydrogen (secondary N) is 1. The van der Waals surface area contributed by atoms with E-state index in [2.05, 4.69) is 31.6 Å². The van der Waals surface area contributed by atoms with Crippen molar-refractivity contribution >= 4 is 39.7 Å². The van der Waals surface area contributed by atoms with Gasteiger partial charge in [-0.3, -0.25) is 4.79 Å². The zero-order chi connectivity index (χ0) is 21.5. The second kappa shape index (κ2) is 9.82. The molecule has 4 aromatic rings. The maximum atomic E-state index is 12.9. The number of hydrazone groups is 1. The summed E-state index contributed by atoms with van der Waals surface area (Å²) in [5, 5.41) is 8.52. The quantitative estimate of drug-likeness (QED) is 0.235. The van der Waals surface area contributed by atoms with E-state index in [0.717, 1.165) is 26.9 Å². The summed E-state index contributed by atoms with van der Waals surface area (Å²) < 4.78 is 2.76. The van der Waals surface area contributed by atoms with Crippen LogP contribution in [0.1, 0.15) is 16.7 Å². The second-order valence-corrected chi connectivity index (χ2v) is 7.64. The molecule has 0 radical (unpaired) electrons. The Labute approximate surface area is 188 Å². The van der Waals surface area contributed by atoms with Crippen molar-refractivity contribution in [3.63, 3.8) is 0 Å². The highest BCUT2D eigenvalue weighted by Crippen LogP contribution is 2.19. The highest BCUT2D eigenvalue weighted by atomic mass is 79.9. The summed E-state index contributed by atoms with van der Waals surface area (Å²) in [6.07, 6.45) is 7.04. The van der Waals surface area contributed by atoms with Gasteiger partial charge in [-0.1, -0.05) is 76.6 Å². The van der Waals surface area contributed by atoms with E-state index >= 15 is 0 Å². The fourth-order valence-electron chi connectivity index (χ4n) is 2.97. The molecule has 4 rings (SSSR count). The fourth-order valence-corrected chi connectivity index (χ4v) is 3.24. The molecule has 0 saturated carbocycles. The van der Waals surface area contributed by atoms with Crippen molar-refractivity contribution in [2.75, 3.05) is 0 Å². The molecule has 31 heavy (non-hydrogen) atoms. The van der Waals surface area contributed by atoms with Gasteiger partial charge in [0.1, 0.15) is 0 Å². The number of para-hydroxylation sites is 1. The fraction of sp³-hybridized carbons (Fsp3) is 0. The predicted octanol–water partition coefficient (Wildman–Crippen LogP) is 5.33. The number of aromatic nitrogens is 2. The van der Waals surface area contributed by atoms with Crippen LogP contribution in [-0.2, 0) is 4.79 Å². The first-order chi connectivity index (χ1) is 15.2. The summed E-state index contributed by atoms with van der Waals surface area (Å²) in [5.41, 5.74) is 6.58. The van der Waals surface area contributed by atoms with Crippen LogP contribution in [0.3, 0.4) is 0 Å². The number of rotatable bonds is 6. The van der Waals surface area contributed by atoms with Gasteiger partial charge in [-0.2, -0.15) is 10.2 Å². The highest BCUT2D eigenvalue weighted by Gasteiger charge is 2.12. The van der Waals surface area contributed by atoms with Gasteiger partial charge in [-0.25, -0.2) is 10.1 Å². The summed E-state index contributed by atoms with van der Waals surface area (Å²) in [4.78, 5) is 12.9. The van der Waals surface area contributed by atoms with Crippen LogP contribution in [0.2, 0.25) is 0 Å². The van der Waals surface area contributed by atoms with Crippen molar-refractivity contribution in [2.45, 2.75) is 0 Å². The molecule has 6 heteroatoms. The zero-order valence-corrected chi connectivity index (χ0v) is 18.1. The summed E-state index contributed by atoms with van der Waals surface area (Å²) in [7, 11) is 0. The third kappa shape index (κ3) is 5.43. The number of amides is 1. The lowest BCUT2D eigenvalue weighted by molar-refractivity contribution is -0.115. The van der Waals surface area contributed by atoms with Crippen LogP contribution < -0.4 is 5.43 Å². The van der Waals surface area contributed by atoms with E-state index in [-0.39, 0.29) is 5.91 Å². The van der Waals surface area contributed by atoms with E-state index in [1.807, 2.05) is 97.2 Å². The van der Waals surface area contributed by atoms with Gasteiger partial charge in [0, 0.05) is 21.8 Å². The number of hydrogen-bond acceptors (Lipinski definition) is 3. The molecule has 3 aromatic carbocycles. The van der Waals surface area contributed by atoms with E-state index < -0.39 is 0 Å². The first-order valence-corrected chi connectivity index (χ1v) is 10.4. The van der Waals surface area contributed by atoms with Crippen molar-refractivity contribution in [1.82, 2.24) is 15.2 Å². The van der Waals surface area contributed by atoms with E-state index in [4.69, 9.17) is 0 Å². The number of hydrogen-bond donors (Lipinski definition) is 1. The SMILES string of the molecule is O=C(N/N=C/c1ccc(Br)cc1)/C(=C/c1cnn(-c2ccccc2)c1)c1ccccc1. The minimum Gasteiger partial charge on any atom is -0.267 e. The Kier molecular flexibility index (Phi) is 6.50. The van der Waals surface area contributed by atoms with Gasteiger partial charge < -0.3 is 0 Å². The molecule has 0 aliphatic carbocycles. The van der Waals surface area contributed by atoms with E-state index in [1.54, 1.807) is 17.1 Å². The predicted molar refractivity (Wildman–Crippen MR) is 128 cm³/mol. The normalized spacial score (nSPS) is 11.6. The monoisotopic (exact) mass is 470 g/mol. The maximum absolute atomic E-state index is 12.9. The summed E-state index contributed by atoms with van der Waals surface area (Å²) in [5.74, 6) is -0.299. The minimum atomic E-state index is -0.299. The Hall–Kier alpha value is -3.77. The van der Waals surface area contributed by atoms with Crippen LogP contribution in [0.4, 0.5) is 0 Å². The van der Waals surface area contributed by atoms with Crippen molar-refractivity contribution in [2.24, 2.45) is 5.10 Å². The number of carbonyl (C=O) groups is 1. The molecule has 1 heterocycles. The van der Waals surface area contributed by atoms with E-state index in [0.29, 0.717) is 5.57 Å². The van der Waals surface area contributed by atoms with E-state index in [1.165, 1.54) is 0 Å². The van der Waals surface area contributed by atoms with Crippen molar-refractivity contribution in [1.29, 1.82) is 0 Å². The molecule has 0 atom stereocenters. The summed E-state index contributed by atoms with van der Waals surface area (Å²) in [6, 6.07) is 27.0. The largest absolute Gasteiger partial charge is 0.271 e. The number of benzene rings is 3. The molecule has 152 valence electrons. The molecule has 0 bridgehead atoms. The van der Waals surface area contributed by atoms with Crippen LogP contribution in [0.5, 0.6) is 0 Å². The van der Waals surface area contributed by atoms with Gasteiger partial charge in [0.15, 0.2) is 0 Å². The highest BCUT2D eigenvalue weighted by molar-refractivity contribution is 9.10. The molecule has 0 unspecified atom stereocenters. The smallest absolute Gasteiger partial charge is 0.267 e. The molecular weight excluding hydrogens is 452 g/mol. The topological polar surface area (TPSA) is 59.3 Å². The van der Waals surface area contributed by atoms with Crippen LogP contribution in [0.15, 0.2) is 107 Å². The lowest BCUT2D eigenvalue weighted by Crippen LogP contribution is -2.19. The average Bonchev–Trinajstić information content (AvgIpc) is 3.29. The molecule has 0 spiro atoms. The third-order valence-corrected chi connectivity index (χ3v) is 5.04. The van der Waals surface area contributed by atoms with Gasteiger partial charge in [-0.15, -0.1) is 0 Å². The number of halogens is 1. The Morgan fingerprint density at radius 2 is 1.58 bits per heavy atom. The van der Waals surface area contributed by atoms with Gasteiger partial charge in [0.2, 0.25) is 0 Å². The lowest BCUT2D eigenvalue weighted by atomic mass is 10.0. The van der Waals surface area contributed by atoms with Crippen molar-refractivity contribution in [3.05, 3.63) is 118 Å². The van der Waals surface area contributed by atoms with Crippen molar-refractivity contribution < 1.29 is 4.79 Å². The standard InChI is InChI=1S/C25H19BrN4O/c26-22-13-11-19(12-14-22)16-27-29-25(31)24(21-7-3-1-4-8-21)15-20-17-28-30(18-20)23-9-5-2-6-10-23/h1-18H,(H,29,31)/b24-15+,27-16+. The molecule has 0 saturated heterocycles. The molecule has 1 N–H and O–H groups in total. The van der Waals surface area contributed by atoms with Crippen molar-refractivity contribution in [3.8, 4) is 5.69 Å². The van der Waals surface area contributed by atoms with Crippen LogP contribution in [0, 0.1) is 0 Å². The molecule has 1 aromatic heterocycles. The van der Waals surface area contributed by atoms with Gasteiger partial charge in [0.25, 0.3) is 5.91 Å². The average molecular weight is 471 g/mol. The first-order valence-electron chi connectivity index (χ1n) is 9.65. The Morgan fingerprint density at radius 1 is 0.903 bits per heavy atom. The van der Waals surface area contributed by atoms with Gasteiger partial charge >= 0.3 is 0 Å². The number of carbonyl (C=O) groups excluding carboxylic acids is 1. The van der Waals surface area contributed by atoms with Gasteiger partial charge in [0.05, 0.1) is 18.1 Å². The Balaban J connectivity index is 1.58. The maximum Gasteiger partial charge on any atom is 0.271 e. The van der Waals surface area contributed by atoms with Gasteiger partial charge in [-0.05, 0) is 41.5 Å². The summed E-state index contributed by atoms with van der Waals surface area (Å²) >= 11 is 3.40. The van der Waals surface area contributed by atoms with Crippen LogP contribution in [0.25, 0.3) is 17.3 Å².